The largest absolute Gasteiger partial charge is 0.391 e. The van der Waals surface area contributed by atoms with Gasteiger partial charge in [-0.3, -0.25) is 0 Å². The van der Waals surface area contributed by atoms with Gasteiger partial charge >= 0.3 is 6.18 Å². The molecule has 1 fully saturated rings. The summed E-state index contributed by atoms with van der Waals surface area (Å²) in [6.45, 7) is 2.52. The number of hydrogen-bond acceptors (Lipinski definition) is 2. The summed E-state index contributed by atoms with van der Waals surface area (Å²) >= 11 is 5.79. The average molecular weight is 307 g/mol. The Morgan fingerprint density at radius 2 is 1.75 bits per heavy atom. The van der Waals surface area contributed by atoms with Crippen molar-refractivity contribution in [1.29, 1.82) is 0 Å². The van der Waals surface area contributed by atoms with Crippen LogP contribution in [0, 0.1) is 5.92 Å². The number of halogens is 4. The summed E-state index contributed by atoms with van der Waals surface area (Å²) in [5.74, 6) is -1.12. The Morgan fingerprint density at radius 1 is 1.15 bits per heavy atom. The Hall–Kier alpha value is -0.940. The fourth-order valence-electron chi connectivity index (χ4n) is 2.41. The molecule has 0 radical (unpaired) electrons. The van der Waals surface area contributed by atoms with Crippen LogP contribution < -0.4 is 5.32 Å². The third-order valence-corrected chi connectivity index (χ3v) is 3.90. The molecule has 0 aromatic heterocycles. The number of likely N-dealkylation sites (tertiary alicyclic amines) is 1. The van der Waals surface area contributed by atoms with Gasteiger partial charge < -0.3 is 10.2 Å². The molecule has 1 aliphatic rings. The molecule has 0 saturated carbocycles. The highest BCUT2D eigenvalue weighted by Crippen LogP contribution is 2.33. The van der Waals surface area contributed by atoms with Crippen LogP contribution in [0.4, 0.5) is 18.9 Å². The molecule has 6 heteroatoms. The van der Waals surface area contributed by atoms with E-state index in [4.69, 9.17) is 11.6 Å². The van der Waals surface area contributed by atoms with E-state index in [1.165, 1.54) is 0 Å². The molecule has 1 heterocycles. The molecule has 0 unspecified atom stereocenters. The molecule has 0 bridgehead atoms. The van der Waals surface area contributed by atoms with Gasteiger partial charge in [0.1, 0.15) is 0 Å². The lowest BCUT2D eigenvalue weighted by atomic mass is 9.96. The SMILES string of the molecule is FC(F)(F)C1CCN(CCNc2ccc(Cl)cc2)CC1. The number of nitrogens with one attached hydrogen (secondary N) is 1. The molecule has 2 rings (SSSR count). The smallest absolute Gasteiger partial charge is 0.384 e. The minimum absolute atomic E-state index is 0.213. The van der Waals surface area contributed by atoms with Crippen molar-refractivity contribution in [2.24, 2.45) is 5.92 Å². The Morgan fingerprint density at radius 3 is 2.30 bits per heavy atom. The van der Waals surface area contributed by atoms with E-state index in [1.807, 2.05) is 12.1 Å². The van der Waals surface area contributed by atoms with Crippen molar-refractivity contribution in [3.8, 4) is 0 Å². The fraction of sp³-hybridized carbons (Fsp3) is 0.571. The van der Waals surface area contributed by atoms with Crippen molar-refractivity contribution in [3.05, 3.63) is 29.3 Å². The van der Waals surface area contributed by atoms with E-state index in [1.54, 1.807) is 12.1 Å². The van der Waals surface area contributed by atoms with Crippen LogP contribution in [0.1, 0.15) is 12.8 Å². The van der Waals surface area contributed by atoms with Crippen LogP contribution in [-0.4, -0.2) is 37.3 Å². The Labute approximate surface area is 121 Å². The van der Waals surface area contributed by atoms with E-state index < -0.39 is 12.1 Å². The van der Waals surface area contributed by atoms with Gasteiger partial charge in [-0.2, -0.15) is 13.2 Å². The predicted molar refractivity (Wildman–Crippen MR) is 75.2 cm³/mol. The highest BCUT2D eigenvalue weighted by Gasteiger charge is 2.40. The number of benzene rings is 1. The first-order valence-corrected chi connectivity index (χ1v) is 7.11. The molecule has 20 heavy (non-hydrogen) atoms. The maximum atomic E-state index is 12.5. The molecule has 1 aromatic carbocycles. The number of alkyl halides is 3. The van der Waals surface area contributed by atoms with Crippen LogP contribution in [0.15, 0.2) is 24.3 Å². The van der Waals surface area contributed by atoms with Crippen molar-refractivity contribution in [2.75, 3.05) is 31.5 Å². The monoisotopic (exact) mass is 306 g/mol. The normalized spacial score (nSPS) is 18.2. The number of rotatable bonds is 4. The zero-order valence-corrected chi connectivity index (χ0v) is 11.8. The molecule has 0 amide bonds. The summed E-state index contributed by atoms with van der Waals surface area (Å²) in [5.41, 5.74) is 0.972. The summed E-state index contributed by atoms with van der Waals surface area (Å²) in [6.07, 6.45) is -3.61. The molecule has 112 valence electrons. The van der Waals surface area contributed by atoms with Crippen molar-refractivity contribution in [2.45, 2.75) is 19.0 Å². The van der Waals surface area contributed by atoms with Crippen LogP contribution in [-0.2, 0) is 0 Å². The van der Waals surface area contributed by atoms with Gasteiger partial charge in [-0.15, -0.1) is 0 Å². The first-order chi connectivity index (χ1) is 9.45. The van der Waals surface area contributed by atoms with Crippen LogP contribution in [0.5, 0.6) is 0 Å². The van der Waals surface area contributed by atoms with Crippen LogP contribution in [0.25, 0.3) is 0 Å². The van der Waals surface area contributed by atoms with E-state index in [2.05, 4.69) is 10.2 Å². The van der Waals surface area contributed by atoms with Gasteiger partial charge in [-0.05, 0) is 50.2 Å². The van der Waals surface area contributed by atoms with Gasteiger partial charge in [-0.1, -0.05) is 11.6 Å². The van der Waals surface area contributed by atoms with Gasteiger partial charge in [0, 0.05) is 23.8 Å². The van der Waals surface area contributed by atoms with Crippen LogP contribution in [0.3, 0.4) is 0 Å². The van der Waals surface area contributed by atoms with E-state index in [9.17, 15) is 13.2 Å². The lowest BCUT2D eigenvalue weighted by Crippen LogP contribution is -2.40. The molecule has 0 aliphatic carbocycles. The topological polar surface area (TPSA) is 15.3 Å². The third kappa shape index (κ3) is 4.56. The number of nitrogens with zero attached hydrogens (tertiary/aromatic N) is 1. The molecule has 2 nitrogen and oxygen atoms in total. The summed E-state index contributed by atoms with van der Waals surface area (Å²) in [4.78, 5) is 2.07. The van der Waals surface area contributed by atoms with Gasteiger partial charge in [0.2, 0.25) is 0 Å². The quantitative estimate of drug-likeness (QED) is 0.903. The molecule has 1 N–H and O–H groups in total. The van der Waals surface area contributed by atoms with Gasteiger partial charge in [0.05, 0.1) is 5.92 Å². The van der Waals surface area contributed by atoms with Crippen LogP contribution in [0.2, 0.25) is 5.02 Å². The highest BCUT2D eigenvalue weighted by atomic mass is 35.5. The Balaban J connectivity index is 1.67. The highest BCUT2D eigenvalue weighted by molar-refractivity contribution is 6.30. The average Bonchev–Trinajstić information content (AvgIpc) is 2.41. The lowest BCUT2D eigenvalue weighted by Gasteiger charge is -2.32. The summed E-state index contributed by atoms with van der Waals surface area (Å²) in [7, 11) is 0. The van der Waals surface area contributed by atoms with Gasteiger partial charge in [-0.25, -0.2) is 0 Å². The van der Waals surface area contributed by atoms with E-state index in [0.29, 0.717) is 18.1 Å². The zero-order valence-electron chi connectivity index (χ0n) is 11.1. The molecule has 0 atom stereocenters. The van der Waals surface area contributed by atoms with Gasteiger partial charge in [0.15, 0.2) is 0 Å². The predicted octanol–water partition coefficient (Wildman–Crippen LogP) is 4.03. The first-order valence-electron chi connectivity index (χ1n) is 6.73. The third-order valence-electron chi connectivity index (χ3n) is 3.65. The summed E-state index contributed by atoms with van der Waals surface area (Å²) in [5, 5.41) is 3.92. The van der Waals surface area contributed by atoms with Crippen molar-refractivity contribution < 1.29 is 13.2 Å². The van der Waals surface area contributed by atoms with Gasteiger partial charge in [0.25, 0.3) is 0 Å². The number of anilines is 1. The number of piperidine rings is 1. The van der Waals surface area contributed by atoms with Crippen LogP contribution >= 0.6 is 11.6 Å². The fourth-order valence-corrected chi connectivity index (χ4v) is 2.54. The minimum atomic E-state index is -4.03. The van der Waals surface area contributed by atoms with E-state index in [-0.39, 0.29) is 12.8 Å². The van der Waals surface area contributed by atoms with Crippen molar-refractivity contribution >= 4 is 17.3 Å². The van der Waals surface area contributed by atoms with Crippen molar-refractivity contribution in [1.82, 2.24) is 4.90 Å². The molecule has 1 saturated heterocycles. The molecular formula is C14H18ClF3N2. The molecule has 1 aromatic rings. The summed E-state index contributed by atoms with van der Waals surface area (Å²) < 4.78 is 37.6. The van der Waals surface area contributed by atoms with Crippen molar-refractivity contribution in [3.63, 3.8) is 0 Å². The maximum Gasteiger partial charge on any atom is 0.391 e. The zero-order chi connectivity index (χ0) is 14.6. The first kappa shape index (κ1) is 15.4. The maximum absolute atomic E-state index is 12.5. The summed E-state index contributed by atoms with van der Waals surface area (Å²) in [6, 6.07) is 7.38. The lowest BCUT2D eigenvalue weighted by molar-refractivity contribution is -0.184. The minimum Gasteiger partial charge on any atom is -0.384 e. The van der Waals surface area contributed by atoms with E-state index in [0.717, 1.165) is 18.8 Å². The van der Waals surface area contributed by atoms with E-state index >= 15 is 0 Å². The second-order valence-electron chi connectivity index (χ2n) is 5.09. The second kappa shape index (κ2) is 6.68. The Bertz CT molecular complexity index is 411. The Kier molecular flexibility index (Phi) is 5.16. The molecule has 1 aliphatic heterocycles. The standard InChI is InChI=1S/C14H18ClF3N2/c15-12-1-3-13(4-2-12)19-7-10-20-8-5-11(6-9-20)14(16,17)18/h1-4,11,19H,5-10H2. The molecule has 0 spiro atoms. The number of hydrogen-bond donors (Lipinski definition) is 1. The molecular weight excluding hydrogens is 289 g/mol. The second-order valence-corrected chi connectivity index (χ2v) is 5.53.